The zero-order valence-corrected chi connectivity index (χ0v) is 22.4. The summed E-state index contributed by atoms with van der Waals surface area (Å²) in [5, 5.41) is 9.72. The lowest BCUT2D eigenvalue weighted by Crippen LogP contribution is -2.59. The maximum absolute atomic E-state index is 12.9. The number of halogens is 2. The number of methoxy groups -OCH3 is 1. The van der Waals surface area contributed by atoms with Crippen LogP contribution in [0.15, 0.2) is 29.4 Å². The van der Waals surface area contributed by atoms with Crippen molar-refractivity contribution in [2.75, 3.05) is 37.4 Å². The molecule has 1 spiro atoms. The van der Waals surface area contributed by atoms with Crippen LogP contribution in [0.3, 0.4) is 0 Å². The van der Waals surface area contributed by atoms with Gasteiger partial charge >= 0.3 is 0 Å². The SMILES string of the molecule is COc1nc(NC2CCC3(CC2)CN(C(C)=O)C3)nc2c1C(c1ccc(N=N)c(NCC(F)F)c1)=CCCC2. The molecular formula is C28H35F2N7O2. The Kier molecular flexibility index (Phi) is 7.76. The molecule has 1 saturated heterocycles. The highest BCUT2D eigenvalue weighted by Crippen LogP contribution is 2.44. The molecule has 1 aromatic carbocycles. The van der Waals surface area contributed by atoms with E-state index >= 15 is 0 Å². The molecule has 0 unspecified atom stereocenters. The number of fused-ring (bicyclic) bond motifs is 1. The molecule has 1 aromatic heterocycles. The predicted molar refractivity (Wildman–Crippen MR) is 145 cm³/mol. The average Bonchev–Trinajstić information content (AvgIpc) is 3.13. The van der Waals surface area contributed by atoms with E-state index in [9.17, 15) is 13.6 Å². The summed E-state index contributed by atoms with van der Waals surface area (Å²) in [6, 6.07) is 5.49. The zero-order valence-electron chi connectivity index (χ0n) is 22.4. The number of allylic oxidation sites excluding steroid dienone is 1. The van der Waals surface area contributed by atoms with Crippen LogP contribution < -0.4 is 15.4 Å². The number of benzene rings is 1. The van der Waals surface area contributed by atoms with E-state index < -0.39 is 13.0 Å². The van der Waals surface area contributed by atoms with Crippen molar-refractivity contribution in [3.8, 4) is 5.88 Å². The topological polar surface area (TPSA) is 116 Å². The first-order valence-corrected chi connectivity index (χ1v) is 13.5. The fourth-order valence-electron chi connectivity index (χ4n) is 6.02. The highest BCUT2D eigenvalue weighted by atomic mass is 19.3. The number of hydrogen-bond donors (Lipinski definition) is 3. The second-order valence-electron chi connectivity index (χ2n) is 10.8. The lowest BCUT2D eigenvalue weighted by Gasteiger charge is -2.53. The molecule has 208 valence electrons. The first kappa shape index (κ1) is 27.0. The number of hydrogen-bond acceptors (Lipinski definition) is 8. The van der Waals surface area contributed by atoms with Crippen LogP contribution in [0, 0.1) is 10.9 Å². The summed E-state index contributed by atoms with van der Waals surface area (Å²) in [6.45, 7) is 2.84. The lowest BCUT2D eigenvalue weighted by atomic mass is 9.67. The molecule has 9 nitrogen and oxygen atoms in total. The minimum atomic E-state index is -2.52. The Morgan fingerprint density at radius 2 is 2.05 bits per heavy atom. The van der Waals surface area contributed by atoms with Crippen molar-refractivity contribution in [2.45, 2.75) is 64.3 Å². The number of anilines is 2. The monoisotopic (exact) mass is 539 g/mol. The zero-order chi connectivity index (χ0) is 27.6. The van der Waals surface area contributed by atoms with Crippen LogP contribution in [-0.2, 0) is 11.2 Å². The molecule has 0 atom stereocenters. The number of nitrogens with one attached hydrogen (secondary N) is 3. The number of aryl methyl sites for hydroxylation is 1. The van der Waals surface area contributed by atoms with Crippen LogP contribution in [0.5, 0.6) is 5.88 Å². The predicted octanol–water partition coefficient (Wildman–Crippen LogP) is 5.80. The highest BCUT2D eigenvalue weighted by molar-refractivity contribution is 5.86. The Labute approximate surface area is 226 Å². The number of aromatic nitrogens is 2. The normalized spacial score (nSPS) is 18.6. The molecule has 39 heavy (non-hydrogen) atoms. The molecule has 1 amide bonds. The van der Waals surface area contributed by atoms with E-state index in [1.807, 2.05) is 11.0 Å². The maximum Gasteiger partial charge on any atom is 0.255 e. The third-order valence-electron chi connectivity index (χ3n) is 8.13. The third kappa shape index (κ3) is 5.72. The van der Waals surface area contributed by atoms with E-state index in [2.05, 4.69) is 21.8 Å². The second-order valence-corrected chi connectivity index (χ2v) is 10.8. The van der Waals surface area contributed by atoms with Crippen LogP contribution >= 0.6 is 0 Å². The minimum Gasteiger partial charge on any atom is -0.480 e. The number of alkyl halides is 2. The van der Waals surface area contributed by atoms with Gasteiger partial charge in [0.1, 0.15) is 5.69 Å². The summed E-state index contributed by atoms with van der Waals surface area (Å²) in [4.78, 5) is 23.2. The molecule has 2 fully saturated rings. The maximum atomic E-state index is 12.9. The van der Waals surface area contributed by atoms with E-state index in [1.165, 1.54) is 0 Å². The van der Waals surface area contributed by atoms with Crippen molar-refractivity contribution >= 4 is 28.8 Å². The van der Waals surface area contributed by atoms with E-state index in [-0.39, 0.29) is 17.4 Å². The summed E-state index contributed by atoms with van der Waals surface area (Å²) >= 11 is 0. The molecule has 2 aliphatic carbocycles. The van der Waals surface area contributed by atoms with Crippen LogP contribution in [0.4, 0.5) is 26.1 Å². The molecule has 3 N–H and O–H groups in total. The second kappa shape index (κ2) is 11.2. The first-order chi connectivity index (χ1) is 18.8. The number of carbonyl (C=O) groups is 1. The van der Waals surface area contributed by atoms with Gasteiger partial charge in [-0.05, 0) is 68.2 Å². The van der Waals surface area contributed by atoms with Gasteiger partial charge in [0, 0.05) is 31.5 Å². The van der Waals surface area contributed by atoms with Gasteiger partial charge in [-0.2, -0.15) is 10.1 Å². The summed E-state index contributed by atoms with van der Waals surface area (Å²) < 4.78 is 31.5. The molecular weight excluding hydrogens is 504 g/mol. The fourth-order valence-corrected chi connectivity index (χ4v) is 6.02. The number of amides is 1. The Balaban J connectivity index is 1.37. The summed E-state index contributed by atoms with van der Waals surface area (Å²) in [5.41, 5.74) is 11.7. The summed E-state index contributed by atoms with van der Waals surface area (Å²) in [5.74, 6) is 1.17. The first-order valence-electron chi connectivity index (χ1n) is 13.5. The Morgan fingerprint density at radius 3 is 2.72 bits per heavy atom. The van der Waals surface area contributed by atoms with Gasteiger partial charge in [-0.1, -0.05) is 12.1 Å². The van der Waals surface area contributed by atoms with E-state index in [0.29, 0.717) is 23.2 Å². The van der Waals surface area contributed by atoms with Gasteiger partial charge in [-0.25, -0.2) is 19.3 Å². The lowest BCUT2D eigenvalue weighted by molar-refractivity contribution is -0.143. The molecule has 2 aromatic rings. The van der Waals surface area contributed by atoms with Crippen LogP contribution in [0.25, 0.3) is 5.57 Å². The quantitative estimate of drug-likeness (QED) is 0.366. The van der Waals surface area contributed by atoms with Crippen molar-refractivity contribution in [1.82, 2.24) is 14.9 Å². The van der Waals surface area contributed by atoms with Gasteiger partial charge in [-0.15, -0.1) is 0 Å². The summed E-state index contributed by atoms with van der Waals surface area (Å²) in [7, 11) is 1.59. The molecule has 5 rings (SSSR count). The summed E-state index contributed by atoms with van der Waals surface area (Å²) in [6.07, 6.45) is 6.23. The number of rotatable bonds is 8. The minimum absolute atomic E-state index is 0.155. The highest BCUT2D eigenvalue weighted by Gasteiger charge is 2.46. The fraction of sp³-hybridized carbons (Fsp3) is 0.536. The van der Waals surface area contributed by atoms with Gasteiger partial charge in [0.2, 0.25) is 17.7 Å². The van der Waals surface area contributed by atoms with Crippen LogP contribution in [0.1, 0.15) is 62.3 Å². The van der Waals surface area contributed by atoms with Gasteiger partial charge in [-0.3, -0.25) is 4.79 Å². The van der Waals surface area contributed by atoms with Crippen molar-refractivity contribution in [1.29, 1.82) is 5.53 Å². The number of ether oxygens (including phenoxy) is 1. The van der Waals surface area contributed by atoms with Crippen molar-refractivity contribution in [3.05, 3.63) is 41.1 Å². The van der Waals surface area contributed by atoms with Crippen molar-refractivity contribution in [3.63, 3.8) is 0 Å². The molecule has 2 heterocycles. The third-order valence-corrected chi connectivity index (χ3v) is 8.13. The van der Waals surface area contributed by atoms with E-state index in [1.54, 1.807) is 26.2 Å². The Bertz CT molecular complexity index is 1270. The van der Waals surface area contributed by atoms with E-state index in [0.717, 1.165) is 80.4 Å². The van der Waals surface area contributed by atoms with Crippen LogP contribution in [0.2, 0.25) is 0 Å². The largest absolute Gasteiger partial charge is 0.480 e. The molecule has 0 bridgehead atoms. The van der Waals surface area contributed by atoms with E-state index in [4.69, 9.17) is 20.2 Å². The number of carbonyl (C=O) groups excluding carboxylic acids is 1. The molecule has 3 aliphatic rings. The van der Waals surface area contributed by atoms with Gasteiger partial charge in [0.05, 0.1) is 30.6 Å². The molecule has 0 radical (unpaired) electrons. The van der Waals surface area contributed by atoms with Gasteiger partial charge in [0.15, 0.2) is 0 Å². The average molecular weight is 540 g/mol. The van der Waals surface area contributed by atoms with Gasteiger partial charge < -0.3 is 20.3 Å². The number of nitrogens with zero attached hydrogens (tertiary/aromatic N) is 4. The Hall–Kier alpha value is -3.63. The Morgan fingerprint density at radius 1 is 1.28 bits per heavy atom. The van der Waals surface area contributed by atoms with Gasteiger partial charge in [0.25, 0.3) is 6.43 Å². The van der Waals surface area contributed by atoms with Crippen molar-refractivity contribution < 1.29 is 18.3 Å². The number of likely N-dealkylation sites (tertiary alicyclic amines) is 1. The van der Waals surface area contributed by atoms with Crippen molar-refractivity contribution in [2.24, 2.45) is 10.5 Å². The smallest absolute Gasteiger partial charge is 0.255 e. The molecule has 11 heteroatoms. The molecule has 1 saturated carbocycles. The van der Waals surface area contributed by atoms with Crippen LogP contribution in [-0.4, -0.2) is 60.0 Å². The standard InChI is InChI=1S/C28H35F2N7O2/c1-17(38)37-15-28(16-37)11-9-19(10-12-28)33-27-34-22-6-4-3-5-20(25(22)26(35-27)39-2)18-7-8-21(36-31)23(13-18)32-14-24(29)30/h5,7-8,13,19,24,31-32H,3-4,6,9-12,14-16H2,1-2H3,(H,33,34,35). The molecule has 1 aliphatic heterocycles.